The van der Waals surface area contributed by atoms with Crippen LogP contribution in [-0.4, -0.2) is 23.5 Å². The lowest BCUT2D eigenvalue weighted by Crippen LogP contribution is -2.21. The van der Waals surface area contributed by atoms with Gasteiger partial charge in [-0.05, 0) is 12.5 Å². The molecule has 16 heavy (non-hydrogen) atoms. The van der Waals surface area contributed by atoms with Crippen LogP contribution in [0.3, 0.4) is 0 Å². The molecule has 1 heterocycles. The van der Waals surface area contributed by atoms with Crippen LogP contribution >= 0.6 is 0 Å². The molecule has 1 N–H and O–H groups in total. The predicted octanol–water partition coefficient (Wildman–Crippen LogP) is 2.72. The zero-order valence-electron chi connectivity index (χ0n) is 8.19. The molecule has 0 saturated carbocycles. The maximum Gasteiger partial charge on any atom is 0.490 e. The third-order valence-electron chi connectivity index (χ3n) is 1.24. The Morgan fingerprint density at radius 3 is 2.38 bits per heavy atom. The summed E-state index contributed by atoms with van der Waals surface area (Å²) in [5.41, 5.74) is 0. The van der Waals surface area contributed by atoms with Crippen LogP contribution in [-0.2, 0) is 4.79 Å². The second-order valence-corrected chi connectivity index (χ2v) is 2.53. The maximum absolute atomic E-state index is 10.6. The number of allylic oxidation sites excluding steroid dienone is 5. The molecule has 0 amide bonds. The number of rotatable bonds is 0. The van der Waals surface area contributed by atoms with Gasteiger partial charge >= 0.3 is 12.1 Å². The smallest absolute Gasteiger partial charge is 0.475 e. The summed E-state index contributed by atoms with van der Waals surface area (Å²) in [7, 11) is 0. The molecule has 1 aliphatic heterocycles. The van der Waals surface area contributed by atoms with Gasteiger partial charge in [0.05, 0.1) is 0 Å². The maximum atomic E-state index is 10.6. The van der Waals surface area contributed by atoms with E-state index >= 15 is 0 Å². The van der Waals surface area contributed by atoms with Gasteiger partial charge in [-0.2, -0.15) is 13.2 Å². The Balaban J connectivity index is 0.000000293. The predicted molar refractivity (Wildman–Crippen MR) is 54.2 cm³/mol. The Morgan fingerprint density at radius 1 is 1.19 bits per heavy atom. The molecule has 0 fully saturated rings. The molecule has 1 rings (SSSR count). The molecule has 0 unspecified atom stereocenters. The van der Waals surface area contributed by atoms with E-state index in [0.29, 0.717) is 0 Å². The van der Waals surface area contributed by atoms with E-state index in [-0.39, 0.29) is 0 Å². The van der Waals surface area contributed by atoms with Gasteiger partial charge in [0, 0.05) is 12.4 Å². The van der Waals surface area contributed by atoms with Gasteiger partial charge in [-0.25, -0.2) is 4.79 Å². The van der Waals surface area contributed by atoms with Crippen molar-refractivity contribution in [1.29, 1.82) is 0 Å². The number of carbonyl (C=O) groups is 1. The minimum atomic E-state index is -5.08. The van der Waals surface area contributed by atoms with Gasteiger partial charge in [-0.3, -0.25) is 4.99 Å². The normalized spacial score (nSPS) is 14.4. The zero-order chi connectivity index (χ0) is 12.4. The number of hydrogen-bond acceptors (Lipinski definition) is 2. The average molecular weight is 233 g/mol. The minimum Gasteiger partial charge on any atom is -0.475 e. The third-order valence-corrected chi connectivity index (χ3v) is 1.24. The fourth-order valence-electron chi connectivity index (χ4n) is 0.571. The first kappa shape index (κ1) is 14.2. The van der Waals surface area contributed by atoms with Gasteiger partial charge in [0.15, 0.2) is 0 Å². The number of aliphatic carboxylic acids is 1. The average Bonchev–Trinajstić information content (AvgIpc) is 2.31. The van der Waals surface area contributed by atoms with Crippen molar-refractivity contribution in [2.45, 2.75) is 12.6 Å². The summed E-state index contributed by atoms with van der Waals surface area (Å²) in [5.74, 6) is -2.76. The fourth-order valence-corrected chi connectivity index (χ4v) is 0.571. The van der Waals surface area contributed by atoms with Crippen molar-refractivity contribution in [3.63, 3.8) is 0 Å². The number of carboxylic acid groups (broad SMARTS) is 1. The van der Waals surface area contributed by atoms with Crippen LogP contribution in [0.1, 0.15) is 6.42 Å². The molecule has 1 aliphatic rings. The van der Waals surface area contributed by atoms with E-state index in [1.165, 1.54) is 0 Å². The first-order valence-electron chi connectivity index (χ1n) is 4.24. The Hall–Kier alpha value is -1.85. The van der Waals surface area contributed by atoms with Crippen molar-refractivity contribution < 1.29 is 23.1 Å². The molecule has 88 valence electrons. The van der Waals surface area contributed by atoms with Crippen molar-refractivity contribution in [1.82, 2.24) is 0 Å². The van der Waals surface area contributed by atoms with Crippen LogP contribution in [0, 0.1) is 0 Å². The molecule has 0 bridgehead atoms. The molecule has 0 aromatic rings. The summed E-state index contributed by atoms with van der Waals surface area (Å²) in [6.45, 7) is 0. The molecule has 0 radical (unpaired) electrons. The SMILES string of the molecule is C1=CC=NC=CCC=C1.O=C(O)C(F)(F)F. The van der Waals surface area contributed by atoms with Crippen LogP contribution in [0.5, 0.6) is 0 Å². The van der Waals surface area contributed by atoms with Crippen molar-refractivity contribution in [3.05, 3.63) is 36.6 Å². The number of hydrogen-bond donors (Lipinski definition) is 1. The lowest BCUT2D eigenvalue weighted by atomic mass is 10.3. The summed E-state index contributed by atoms with van der Waals surface area (Å²) in [6, 6.07) is 0. The molecular weight excluding hydrogens is 223 g/mol. The Bertz CT molecular complexity index is 307. The van der Waals surface area contributed by atoms with Crippen molar-refractivity contribution >= 4 is 12.2 Å². The highest BCUT2D eigenvalue weighted by Crippen LogP contribution is 2.13. The summed E-state index contributed by atoms with van der Waals surface area (Å²) in [5, 5.41) is 7.12. The van der Waals surface area contributed by atoms with Gasteiger partial charge in [0.25, 0.3) is 0 Å². The van der Waals surface area contributed by atoms with Crippen molar-refractivity contribution in [3.8, 4) is 0 Å². The second-order valence-electron chi connectivity index (χ2n) is 2.53. The van der Waals surface area contributed by atoms with E-state index in [9.17, 15) is 13.2 Å². The minimum absolute atomic E-state index is 0.974. The van der Waals surface area contributed by atoms with E-state index in [2.05, 4.69) is 11.1 Å². The van der Waals surface area contributed by atoms with E-state index in [1.54, 1.807) is 12.4 Å². The highest BCUT2D eigenvalue weighted by Gasteiger charge is 2.38. The van der Waals surface area contributed by atoms with Crippen molar-refractivity contribution in [2.75, 3.05) is 0 Å². The molecule has 0 aromatic carbocycles. The summed E-state index contributed by atoms with van der Waals surface area (Å²) in [4.78, 5) is 12.9. The number of halogens is 3. The Labute approximate surface area is 90.3 Å². The lowest BCUT2D eigenvalue weighted by molar-refractivity contribution is -0.192. The van der Waals surface area contributed by atoms with Gasteiger partial charge in [0.1, 0.15) is 0 Å². The van der Waals surface area contributed by atoms with Crippen LogP contribution < -0.4 is 0 Å². The topological polar surface area (TPSA) is 49.7 Å². The molecule has 3 nitrogen and oxygen atoms in total. The summed E-state index contributed by atoms with van der Waals surface area (Å²) >= 11 is 0. The van der Waals surface area contributed by atoms with Gasteiger partial charge in [-0.15, -0.1) is 0 Å². The molecule has 0 atom stereocenters. The second kappa shape index (κ2) is 7.44. The number of alkyl halides is 3. The van der Waals surface area contributed by atoms with E-state index in [4.69, 9.17) is 9.90 Å². The quantitative estimate of drug-likeness (QED) is 0.699. The number of aliphatic imine (C=N–C) groups is 1. The number of nitrogens with zero attached hydrogens (tertiary/aromatic N) is 1. The van der Waals surface area contributed by atoms with E-state index in [0.717, 1.165) is 6.42 Å². The largest absolute Gasteiger partial charge is 0.490 e. The highest BCUT2D eigenvalue weighted by atomic mass is 19.4. The molecule has 6 heteroatoms. The van der Waals surface area contributed by atoms with Crippen LogP contribution in [0.25, 0.3) is 0 Å². The molecule has 0 spiro atoms. The van der Waals surface area contributed by atoms with Gasteiger partial charge in [0.2, 0.25) is 0 Å². The van der Waals surface area contributed by atoms with Crippen LogP contribution in [0.2, 0.25) is 0 Å². The Morgan fingerprint density at radius 2 is 1.81 bits per heavy atom. The molecule has 0 saturated heterocycles. The summed E-state index contributed by atoms with van der Waals surface area (Å²) in [6.07, 6.45) is 9.46. The Kier molecular flexibility index (Phi) is 6.58. The monoisotopic (exact) mass is 233 g/mol. The van der Waals surface area contributed by atoms with E-state index < -0.39 is 12.1 Å². The molecule has 0 aliphatic carbocycles. The lowest BCUT2D eigenvalue weighted by Gasteiger charge is -1.93. The summed E-state index contributed by atoms with van der Waals surface area (Å²) < 4.78 is 31.7. The van der Waals surface area contributed by atoms with Gasteiger partial charge < -0.3 is 5.11 Å². The highest BCUT2D eigenvalue weighted by molar-refractivity contribution is 5.73. The van der Waals surface area contributed by atoms with Crippen molar-refractivity contribution in [2.24, 2.45) is 4.99 Å². The van der Waals surface area contributed by atoms with E-state index in [1.807, 2.05) is 24.3 Å². The zero-order valence-corrected chi connectivity index (χ0v) is 8.19. The number of carboxylic acids is 1. The molecular formula is C10H10F3NO2. The first-order chi connectivity index (χ1) is 7.44. The first-order valence-corrected chi connectivity index (χ1v) is 4.24. The standard InChI is InChI=1S/C8H9N.C2HF3O2/c1-2-4-6-8-9-7-5-3-1;3-2(4,5)1(6)7/h1-3,5-8H,4H2;(H,6,7). The van der Waals surface area contributed by atoms with Crippen LogP contribution in [0.4, 0.5) is 13.2 Å². The third kappa shape index (κ3) is 8.74. The fraction of sp³-hybridized carbons (Fsp3) is 0.200. The molecule has 0 aromatic heterocycles. The van der Waals surface area contributed by atoms with Gasteiger partial charge in [-0.1, -0.05) is 24.3 Å². The van der Waals surface area contributed by atoms with Crippen LogP contribution in [0.15, 0.2) is 41.6 Å².